The fourth-order valence-corrected chi connectivity index (χ4v) is 4.80. The predicted octanol–water partition coefficient (Wildman–Crippen LogP) is 2.23. The molecule has 172 valence electrons. The van der Waals surface area contributed by atoms with E-state index in [1.165, 1.54) is 10.4 Å². The van der Waals surface area contributed by atoms with Crippen molar-refractivity contribution in [3.05, 3.63) is 53.1 Å². The van der Waals surface area contributed by atoms with E-state index >= 15 is 0 Å². The number of rotatable bonds is 8. The summed E-state index contributed by atoms with van der Waals surface area (Å²) in [7, 11) is -3.72. The molecule has 1 aliphatic heterocycles. The van der Waals surface area contributed by atoms with E-state index in [9.17, 15) is 18.0 Å². The monoisotopic (exact) mass is 482 g/mol. The van der Waals surface area contributed by atoms with E-state index in [2.05, 4.69) is 5.32 Å². The lowest BCUT2D eigenvalue weighted by Crippen LogP contribution is -2.40. The summed E-state index contributed by atoms with van der Waals surface area (Å²) >= 11 is 5.84. The van der Waals surface area contributed by atoms with Gasteiger partial charge in [-0.05, 0) is 42.8 Å². The Kier molecular flexibility index (Phi) is 8.08. The minimum Gasteiger partial charge on any atom is -0.482 e. The SMILES string of the molecule is Cc1ccc(NC(=O)COC(=O)COc2cccc(Cl)c2)cc1S(=O)(=O)N1CCOCC1. The number of anilines is 1. The molecule has 0 atom stereocenters. The van der Waals surface area contributed by atoms with E-state index in [-0.39, 0.29) is 30.3 Å². The second-order valence-electron chi connectivity index (χ2n) is 6.95. The van der Waals surface area contributed by atoms with Crippen LogP contribution in [-0.4, -0.2) is 64.1 Å². The van der Waals surface area contributed by atoms with Crippen LogP contribution in [0.15, 0.2) is 47.4 Å². The number of hydrogen-bond acceptors (Lipinski definition) is 7. The molecule has 1 aliphatic rings. The number of morpholine rings is 1. The van der Waals surface area contributed by atoms with E-state index in [0.717, 1.165) is 0 Å². The quantitative estimate of drug-likeness (QED) is 0.574. The van der Waals surface area contributed by atoms with Crippen LogP contribution in [0.25, 0.3) is 0 Å². The van der Waals surface area contributed by atoms with Gasteiger partial charge in [0.1, 0.15) is 5.75 Å². The molecule has 3 rings (SSSR count). The molecule has 0 aliphatic carbocycles. The molecular formula is C21H23ClN2O7S. The first-order chi connectivity index (χ1) is 15.3. The van der Waals surface area contributed by atoms with Gasteiger partial charge in [0.15, 0.2) is 13.2 Å². The third-order valence-corrected chi connectivity index (χ3v) is 6.85. The van der Waals surface area contributed by atoms with Gasteiger partial charge in [0.05, 0.1) is 18.1 Å². The molecule has 0 unspecified atom stereocenters. The maximum absolute atomic E-state index is 12.9. The fourth-order valence-electron chi connectivity index (χ4n) is 2.97. The average molecular weight is 483 g/mol. The van der Waals surface area contributed by atoms with Gasteiger partial charge in [0.2, 0.25) is 10.0 Å². The number of ether oxygens (including phenoxy) is 3. The van der Waals surface area contributed by atoms with Crippen molar-refractivity contribution in [1.82, 2.24) is 4.31 Å². The topological polar surface area (TPSA) is 111 Å². The number of carbonyl (C=O) groups is 2. The van der Waals surface area contributed by atoms with E-state index in [1.54, 1.807) is 43.3 Å². The number of aryl methyl sites for hydroxylation is 1. The van der Waals surface area contributed by atoms with E-state index < -0.39 is 28.5 Å². The van der Waals surface area contributed by atoms with Crippen molar-refractivity contribution >= 4 is 39.2 Å². The molecule has 2 aromatic carbocycles. The highest BCUT2D eigenvalue weighted by Crippen LogP contribution is 2.24. The van der Waals surface area contributed by atoms with Crippen molar-refractivity contribution in [3.8, 4) is 5.75 Å². The zero-order valence-electron chi connectivity index (χ0n) is 17.4. The lowest BCUT2D eigenvalue weighted by Gasteiger charge is -2.26. The standard InChI is InChI=1S/C21H23ClN2O7S/c1-15-5-6-17(12-19(15)32(27,28)24-7-9-29-10-8-24)23-20(25)13-31-21(26)14-30-18-4-2-3-16(22)11-18/h2-6,11-12H,7-10,13-14H2,1H3,(H,23,25). The smallest absolute Gasteiger partial charge is 0.344 e. The first kappa shape index (κ1) is 24.0. The molecule has 32 heavy (non-hydrogen) atoms. The molecule has 0 aromatic heterocycles. The Morgan fingerprint density at radius 1 is 1.12 bits per heavy atom. The Bertz CT molecular complexity index is 1090. The van der Waals surface area contributed by atoms with Gasteiger partial charge in [-0.25, -0.2) is 13.2 Å². The van der Waals surface area contributed by atoms with Crippen molar-refractivity contribution in [2.45, 2.75) is 11.8 Å². The Labute approximate surface area is 191 Å². The molecule has 0 bridgehead atoms. The van der Waals surface area contributed by atoms with Gasteiger partial charge in [-0.15, -0.1) is 0 Å². The number of nitrogens with zero attached hydrogens (tertiary/aromatic N) is 1. The number of carbonyl (C=O) groups excluding carboxylic acids is 2. The maximum Gasteiger partial charge on any atom is 0.344 e. The molecule has 9 nitrogen and oxygen atoms in total. The molecule has 1 heterocycles. The Morgan fingerprint density at radius 2 is 1.88 bits per heavy atom. The van der Waals surface area contributed by atoms with Crippen LogP contribution in [0.2, 0.25) is 5.02 Å². The summed E-state index contributed by atoms with van der Waals surface area (Å²) in [6, 6.07) is 11.1. The fraction of sp³-hybridized carbons (Fsp3) is 0.333. The molecule has 0 saturated carbocycles. The summed E-state index contributed by atoms with van der Waals surface area (Å²) in [4.78, 5) is 24.1. The highest BCUT2D eigenvalue weighted by molar-refractivity contribution is 7.89. The minimum absolute atomic E-state index is 0.101. The van der Waals surface area contributed by atoms with Crippen molar-refractivity contribution in [3.63, 3.8) is 0 Å². The van der Waals surface area contributed by atoms with E-state index in [0.29, 0.717) is 29.5 Å². The van der Waals surface area contributed by atoms with Crippen LogP contribution < -0.4 is 10.1 Å². The summed E-state index contributed by atoms with van der Waals surface area (Å²) in [6.45, 7) is 1.96. The van der Waals surface area contributed by atoms with Crippen molar-refractivity contribution in [2.75, 3.05) is 44.8 Å². The molecule has 1 fully saturated rings. The average Bonchev–Trinajstić information content (AvgIpc) is 2.78. The first-order valence-corrected chi connectivity index (χ1v) is 11.6. The van der Waals surface area contributed by atoms with Crippen molar-refractivity contribution < 1.29 is 32.2 Å². The summed E-state index contributed by atoms with van der Waals surface area (Å²) < 4.78 is 42.6. The van der Waals surface area contributed by atoms with Crippen LogP contribution in [0.1, 0.15) is 5.56 Å². The van der Waals surface area contributed by atoms with Gasteiger partial charge >= 0.3 is 5.97 Å². The number of hydrogen-bond donors (Lipinski definition) is 1. The third kappa shape index (κ3) is 6.42. The van der Waals surface area contributed by atoms with E-state index in [4.69, 9.17) is 25.8 Å². The Morgan fingerprint density at radius 3 is 2.59 bits per heavy atom. The van der Waals surface area contributed by atoms with Crippen LogP contribution in [0.5, 0.6) is 5.75 Å². The van der Waals surface area contributed by atoms with Crippen LogP contribution >= 0.6 is 11.6 Å². The Hall–Kier alpha value is -2.66. The first-order valence-electron chi connectivity index (χ1n) is 9.78. The summed E-state index contributed by atoms with van der Waals surface area (Å²) in [6.07, 6.45) is 0. The summed E-state index contributed by atoms with van der Waals surface area (Å²) in [5.41, 5.74) is 0.831. The third-order valence-electron chi connectivity index (χ3n) is 4.58. The minimum atomic E-state index is -3.72. The van der Waals surface area contributed by atoms with Gasteiger partial charge in [0, 0.05) is 23.8 Å². The van der Waals surface area contributed by atoms with Gasteiger partial charge in [-0.2, -0.15) is 4.31 Å². The highest BCUT2D eigenvalue weighted by Gasteiger charge is 2.28. The van der Waals surface area contributed by atoms with Crippen molar-refractivity contribution in [2.24, 2.45) is 0 Å². The van der Waals surface area contributed by atoms with Crippen LogP contribution in [-0.2, 0) is 29.1 Å². The lowest BCUT2D eigenvalue weighted by molar-refractivity contribution is -0.149. The van der Waals surface area contributed by atoms with Crippen LogP contribution in [0.3, 0.4) is 0 Å². The number of halogens is 1. The van der Waals surface area contributed by atoms with Gasteiger partial charge in [0.25, 0.3) is 5.91 Å². The molecule has 1 saturated heterocycles. The van der Waals surface area contributed by atoms with Crippen LogP contribution in [0.4, 0.5) is 5.69 Å². The van der Waals surface area contributed by atoms with Gasteiger partial charge in [-0.1, -0.05) is 23.7 Å². The zero-order chi connectivity index (χ0) is 23.1. The second-order valence-corrected chi connectivity index (χ2v) is 9.29. The predicted molar refractivity (Wildman–Crippen MR) is 117 cm³/mol. The molecular weight excluding hydrogens is 460 g/mol. The highest BCUT2D eigenvalue weighted by atomic mass is 35.5. The largest absolute Gasteiger partial charge is 0.482 e. The Balaban J connectivity index is 1.54. The van der Waals surface area contributed by atoms with Crippen LogP contribution in [0, 0.1) is 6.92 Å². The van der Waals surface area contributed by atoms with Gasteiger partial charge in [-0.3, -0.25) is 4.79 Å². The number of nitrogens with one attached hydrogen (secondary N) is 1. The molecule has 2 aromatic rings. The molecule has 0 radical (unpaired) electrons. The number of esters is 1. The maximum atomic E-state index is 12.9. The lowest BCUT2D eigenvalue weighted by atomic mass is 10.2. The van der Waals surface area contributed by atoms with Gasteiger partial charge < -0.3 is 19.5 Å². The molecule has 0 spiro atoms. The van der Waals surface area contributed by atoms with Crippen molar-refractivity contribution in [1.29, 1.82) is 0 Å². The molecule has 1 N–H and O–H groups in total. The number of benzene rings is 2. The normalized spacial score (nSPS) is 14.6. The number of sulfonamides is 1. The number of amides is 1. The second kappa shape index (κ2) is 10.8. The van der Waals surface area contributed by atoms with E-state index in [1.807, 2.05) is 0 Å². The summed E-state index contributed by atoms with van der Waals surface area (Å²) in [5, 5.41) is 3.00. The zero-order valence-corrected chi connectivity index (χ0v) is 18.9. The molecule has 11 heteroatoms. The molecule has 1 amide bonds. The summed E-state index contributed by atoms with van der Waals surface area (Å²) in [5.74, 6) is -0.952.